The summed E-state index contributed by atoms with van der Waals surface area (Å²) in [4.78, 5) is 37.9. The molecule has 0 bridgehead atoms. The number of carbonyl (C=O) groups excluding carboxylic acids is 2. The molecule has 37 heavy (non-hydrogen) atoms. The Morgan fingerprint density at radius 2 is 1.65 bits per heavy atom. The van der Waals surface area contributed by atoms with Gasteiger partial charge in [0.2, 0.25) is 0 Å². The van der Waals surface area contributed by atoms with E-state index in [0.717, 1.165) is 30.3 Å². The zero-order valence-electron chi connectivity index (χ0n) is 18.5. The second-order valence-electron chi connectivity index (χ2n) is 7.72. The normalized spacial score (nSPS) is 10.9. The van der Waals surface area contributed by atoms with E-state index in [9.17, 15) is 22.8 Å². The van der Waals surface area contributed by atoms with Gasteiger partial charge in [-0.25, -0.2) is 32.3 Å². The predicted molar refractivity (Wildman–Crippen MR) is 125 cm³/mol. The predicted octanol–water partition coefficient (Wildman–Crippen LogP) is 5.25. The molecule has 0 unspecified atom stereocenters. The number of amides is 2. The van der Waals surface area contributed by atoms with Crippen LogP contribution in [0, 0.1) is 23.3 Å². The monoisotopic (exact) mass is 506 g/mol. The largest absolute Gasteiger partial charge is 0.323 e. The van der Waals surface area contributed by atoms with E-state index in [4.69, 9.17) is 0 Å². The van der Waals surface area contributed by atoms with Crippen molar-refractivity contribution in [1.29, 1.82) is 0 Å². The lowest BCUT2D eigenvalue weighted by atomic mass is 10.0. The summed E-state index contributed by atoms with van der Waals surface area (Å²) in [6.07, 6.45) is 6.22. The Bertz CT molecular complexity index is 1670. The fraction of sp³-hybridized carbons (Fsp3) is 0. The zero-order valence-corrected chi connectivity index (χ0v) is 18.5. The Kier molecular flexibility index (Phi) is 6.05. The van der Waals surface area contributed by atoms with Crippen LogP contribution in [0.5, 0.6) is 0 Å². The average Bonchev–Trinajstić information content (AvgIpc) is 3.42. The molecule has 2 N–H and O–H groups in total. The summed E-state index contributed by atoms with van der Waals surface area (Å²) >= 11 is 0. The number of ketones is 1. The van der Waals surface area contributed by atoms with Gasteiger partial charge in [-0.2, -0.15) is 0 Å². The molecule has 0 aliphatic rings. The van der Waals surface area contributed by atoms with Crippen LogP contribution in [0.1, 0.15) is 15.9 Å². The van der Waals surface area contributed by atoms with Gasteiger partial charge in [0.25, 0.3) is 0 Å². The fourth-order valence-corrected chi connectivity index (χ4v) is 3.52. The molecule has 0 radical (unpaired) electrons. The number of nitrogens with one attached hydrogen (secondary N) is 2. The van der Waals surface area contributed by atoms with Crippen molar-refractivity contribution < 1.29 is 27.2 Å². The van der Waals surface area contributed by atoms with E-state index in [-0.39, 0.29) is 11.3 Å². The van der Waals surface area contributed by atoms with Crippen molar-refractivity contribution >= 4 is 34.2 Å². The zero-order chi connectivity index (χ0) is 26.1. The lowest BCUT2D eigenvalue weighted by molar-refractivity contribution is 0.103. The minimum atomic E-state index is -1.32. The quantitative estimate of drug-likeness (QED) is 0.251. The third-order valence-corrected chi connectivity index (χ3v) is 5.30. The SMILES string of the molecule is O=C(Nc1ccc(F)c(F)c1)Nc1ccc(F)c(C(=O)c2ccc3ncc(-n4ccnc4)nc3c2)c1F. The highest BCUT2D eigenvalue weighted by atomic mass is 19.2. The van der Waals surface area contributed by atoms with E-state index in [1.54, 1.807) is 17.0 Å². The summed E-state index contributed by atoms with van der Waals surface area (Å²) in [5.74, 6) is -5.34. The van der Waals surface area contributed by atoms with Crippen molar-refractivity contribution in [2.24, 2.45) is 0 Å². The molecular formula is C25H14F4N6O2. The lowest BCUT2D eigenvalue weighted by Crippen LogP contribution is -2.21. The first-order chi connectivity index (χ1) is 17.8. The molecule has 12 heteroatoms. The number of hydrogen-bond donors (Lipinski definition) is 2. The van der Waals surface area contributed by atoms with E-state index in [2.05, 4.69) is 25.6 Å². The van der Waals surface area contributed by atoms with Crippen LogP contribution in [0.25, 0.3) is 16.9 Å². The first-order valence-electron chi connectivity index (χ1n) is 10.6. The van der Waals surface area contributed by atoms with Crippen LogP contribution >= 0.6 is 0 Å². The van der Waals surface area contributed by atoms with Crippen LogP contribution in [0.4, 0.5) is 33.7 Å². The van der Waals surface area contributed by atoms with Gasteiger partial charge in [0.1, 0.15) is 12.1 Å². The molecule has 2 aromatic heterocycles. The summed E-state index contributed by atoms with van der Waals surface area (Å²) in [5.41, 5.74) is -0.825. The highest BCUT2D eigenvalue weighted by Gasteiger charge is 2.23. The summed E-state index contributed by atoms with van der Waals surface area (Å²) in [5, 5.41) is 4.32. The van der Waals surface area contributed by atoms with Gasteiger partial charge < -0.3 is 10.6 Å². The Morgan fingerprint density at radius 1 is 0.838 bits per heavy atom. The number of imidazole rings is 1. The van der Waals surface area contributed by atoms with E-state index in [1.807, 2.05) is 0 Å². The third-order valence-electron chi connectivity index (χ3n) is 5.30. The molecule has 0 atom stereocenters. The minimum Gasteiger partial charge on any atom is -0.308 e. The van der Waals surface area contributed by atoms with E-state index < -0.39 is 46.3 Å². The number of halogens is 4. The molecule has 2 amide bonds. The smallest absolute Gasteiger partial charge is 0.308 e. The van der Waals surface area contributed by atoms with Gasteiger partial charge in [-0.3, -0.25) is 14.3 Å². The van der Waals surface area contributed by atoms with Gasteiger partial charge in [0.15, 0.2) is 29.1 Å². The van der Waals surface area contributed by atoms with Gasteiger partial charge >= 0.3 is 6.03 Å². The van der Waals surface area contributed by atoms with Crippen molar-refractivity contribution in [3.05, 3.63) is 108 Å². The maximum atomic E-state index is 15.2. The molecule has 3 aromatic carbocycles. The highest BCUT2D eigenvalue weighted by molar-refractivity contribution is 6.11. The number of aromatic nitrogens is 4. The van der Waals surface area contributed by atoms with Gasteiger partial charge in [0, 0.05) is 29.7 Å². The maximum Gasteiger partial charge on any atom is 0.323 e. The van der Waals surface area contributed by atoms with E-state index in [0.29, 0.717) is 16.9 Å². The van der Waals surface area contributed by atoms with Crippen LogP contribution < -0.4 is 10.6 Å². The van der Waals surface area contributed by atoms with Crippen molar-refractivity contribution in [2.45, 2.75) is 0 Å². The molecule has 184 valence electrons. The average molecular weight is 506 g/mol. The fourth-order valence-electron chi connectivity index (χ4n) is 3.52. The van der Waals surface area contributed by atoms with Gasteiger partial charge in [-0.15, -0.1) is 0 Å². The Balaban J connectivity index is 1.43. The van der Waals surface area contributed by atoms with Gasteiger partial charge in [0.05, 0.1) is 28.5 Å². The molecule has 0 aliphatic carbocycles. The van der Waals surface area contributed by atoms with Crippen molar-refractivity contribution in [3.63, 3.8) is 0 Å². The second kappa shape index (κ2) is 9.49. The van der Waals surface area contributed by atoms with Gasteiger partial charge in [-0.1, -0.05) is 0 Å². The summed E-state index contributed by atoms with van der Waals surface area (Å²) in [7, 11) is 0. The molecule has 2 heterocycles. The Hall–Kier alpha value is -5.13. The number of rotatable bonds is 5. The van der Waals surface area contributed by atoms with Crippen LogP contribution in [-0.2, 0) is 0 Å². The molecule has 5 aromatic rings. The maximum absolute atomic E-state index is 15.2. The van der Waals surface area contributed by atoms with Crippen molar-refractivity contribution in [1.82, 2.24) is 19.5 Å². The number of hydrogen-bond acceptors (Lipinski definition) is 5. The number of carbonyl (C=O) groups is 2. The first kappa shape index (κ1) is 23.6. The molecular weight excluding hydrogens is 492 g/mol. The number of anilines is 2. The third kappa shape index (κ3) is 4.72. The number of benzene rings is 3. The molecule has 0 saturated heterocycles. The topological polar surface area (TPSA) is 102 Å². The molecule has 8 nitrogen and oxygen atoms in total. The summed E-state index contributed by atoms with van der Waals surface area (Å²) in [6, 6.07) is 7.53. The molecule has 0 aliphatic heterocycles. The molecule has 0 spiro atoms. The van der Waals surface area contributed by atoms with Gasteiger partial charge in [-0.05, 0) is 42.5 Å². The minimum absolute atomic E-state index is 0.0641. The second-order valence-corrected chi connectivity index (χ2v) is 7.72. The number of nitrogens with zero attached hydrogens (tertiary/aromatic N) is 4. The molecule has 0 saturated carbocycles. The van der Waals surface area contributed by atoms with E-state index in [1.165, 1.54) is 30.7 Å². The van der Waals surface area contributed by atoms with Crippen LogP contribution in [0.3, 0.4) is 0 Å². The summed E-state index contributed by atoms with van der Waals surface area (Å²) in [6.45, 7) is 0. The summed E-state index contributed by atoms with van der Waals surface area (Å²) < 4.78 is 57.8. The number of urea groups is 1. The Labute approximate surface area is 205 Å². The van der Waals surface area contributed by atoms with E-state index >= 15 is 4.39 Å². The Morgan fingerprint density at radius 3 is 2.41 bits per heavy atom. The van der Waals surface area contributed by atoms with Crippen molar-refractivity contribution in [2.75, 3.05) is 10.6 Å². The number of fused-ring (bicyclic) bond motifs is 1. The van der Waals surface area contributed by atoms with Crippen LogP contribution in [0.2, 0.25) is 0 Å². The van der Waals surface area contributed by atoms with Crippen molar-refractivity contribution in [3.8, 4) is 5.82 Å². The highest BCUT2D eigenvalue weighted by Crippen LogP contribution is 2.25. The molecule has 0 fully saturated rings. The first-order valence-corrected chi connectivity index (χ1v) is 10.6. The van der Waals surface area contributed by atoms with Crippen LogP contribution in [-0.4, -0.2) is 31.3 Å². The van der Waals surface area contributed by atoms with Crippen LogP contribution in [0.15, 0.2) is 73.4 Å². The lowest BCUT2D eigenvalue weighted by Gasteiger charge is -2.12. The molecule has 5 rings (SSSR count). The standard InChI is InChI=1S/C25H14F4N6O2/c26-15-3-2-14(10-17(15)28)32-25(37)34-19-6-4-16(27)22(23(19)29)24(36)13-1-5-18-20(9-13)33-21(11-31-18)35-8-7-30-12-35/h1-12H,(H2,32,34,37).